The van der Waals surface area contributed by atoms with Crippen molar-refractivity contribution in [2.24, 2.45) is 39.4 Å². The van der Waals surface area contributed by atoms with Gasteiger partial charge in [0.25, 0.3) is 0 Å². The highest BCUT2D eigenvalue weighted by Crippen LogP contribution is 3.00. The summed E-state index contributed by atoms with van der Waals surface area (Å²) in [6.07, 6.45) is 5.25. The molecule has 0 aromatic carbocycles. The van der Waals surface area contributed by atoms with Gasteiger partial charge in [0.2, 0.25) is 0 Å². The van der Waals surface area contributed by atoms with Gasteiger partial charge in [0.05, 0.1) is 0 Å². The SMILES string of the molecule is CC(=O)C1CCC(C)(C)C23CC4CC2C13C4(C)C. The lowest BCUT2D eigenvalue weighted by Gasteiger charge is -2.47. The van der Waals surface area contributed by atoms with Crippen LogP contribution in [0.5, 0.6) is 0 Å². The number of hydrogen-bond donors (Lipinski definition) is 0. The third-order valence-electron chi connectivity index (χ3n) is 8.28. The Hall–Kier alpha value is -0.330. The van der Waals surface area contributed by atoms with Crippen LogP contribution in [0.2, 0.25) is 0 Å². The van der Waals surface area contributed by atoms with Crippen LogP contribution in [0.1, 0.15) is 60.3 Å². The van der Waals surface area contributed by atoms with E-state index in [2.05, 4.69) is 27.7 Å². The summed E-state index contributed by atoms with van der Waals surface area (Å²) < 4.78 is 0. The Labute approximate surface area is 111 Å². The Morgan fingerprint density at radius 3 is 2.39 bits per heavy atom. The van der Waals surface area contributed by atoms with Gasteiger partial charge in [-0.05, 0) is 66.1 Å². The van der Waals surface area contributed by atoms with E-state index in [9.17, 15) is 4.79 Å². The van der Waals surface area contributed by atoms with Crippen LogP contribution in [0.25, 0.3) is 0 Å². The van der Waals surface area contributed by atoms with Gasteiger partial charge in [0, 0.05) is 5.92 Å². The second-order valence-corrected chi connectivity index (χ2v) is 8.84. The van der Waals surface area contributed by atoms with Gasteiger partial charge in [0.15, 0.2) is 0 Å². The molecule has 5 rings (SSSR count). The molecule has 5 unspecified atom stereocenters. The van der Waals surface area contributed by atoms with Gasteiger partial charge in [-0.1, -0.05) is 27.7 Å². The van der Waals surface area contributed by atoms with Crippen LogP contribution in [0.15, 0.2) is 0 Å². The van der Waals surface area contributed by atoms with Crippen LogP contribution in [0, 0.1) is 39.4 Å². The fourth-order valence-electron chi connectivity index (χ4n) is 7.80. The fourth-order valence-corrected chi connectivity index (χ4v) is 7.80. The number of ketones is 1. The average molecular weight is 246 g/mol. The standard InChI is InChI=1S/C17H26O/c1-10(18)12-6-7-14(2,3)16-9-11-8-13(16)17(12,16)15(11,4)5/h11-13H,6-9H2,1-5H3. The van der Waals surface area contributed by atoms with Crippen molar-refractivity contribution in [2.45, 2.75) is 60.3 Å². The molecule has 0 amide bonds. The number of rotatable bonds is 1. The minimum atomic E-state index is 0.373. The van der Waals surface area contributed by atoms with Gasteiger partial charge < -0.3 is 0 Å². The normalized spacial score (nSPS) is 57.3. The van der Waals surface area contributed by atoms with E-state index in [0.717, 1.165) is 18.3 Å². The lowest BCUT2D eigenvalue weighted by molar-refractivity contribution is -0.129. The van der Waals surface area contributed by atoms with Crippen LogP contribution in [0.4, 0.5) is 0 Å². The quantitative estimate of drug-likeness (QED) is 0.682. The van der Waals surface area contributed by atoms with Gasteiger partial charge >= 0.3 is 0 Å². The maximum Gasteiger partial charge on any atom is 0.133 e. The summed E-state index contributed by atoms with van der Waals surface area (Å²) in [5.41, 5.74) is 1.79. The fraction of sp³-hybridized carbons (Fsp3) is 0.941. The molecule has 5 atom stereocenters. The van der Waals surface area contributed by atoms with Crippen molar-refractivity contribution in [3.63, 3.8) is 0 Å². The molecule has 100 valence electrons. The van der Waals surface area contributed by atoms with Crippen LogP contribution >= 0.6 is 0 Å². The van der Waals surface area contributed by atoms with E-state index >= 15 is 0 Å². The molecule has 0 aliphatic heterocycles. The van der Waals surface area contributed by atoms with Crippen molar-refractivity contribution in [3.8, 4) is 0 Å². The molecule has 0 aromatic rings. The summed E-state index contributed by atoms with van der Waals surface area (Å²) in [7, 11) is 0. The van der Waals surface area contributed by atoms with E-state index in [1.807, 2.05) is 6.92 Å². The summed E-state index contributed by atoms with van der Waals surface area (Å²) in [5.74, 6) is 2.61. The van der Waals surface area contributed by atoms with Crippen LogP contribution < -0.4 is 0 Å². The van der Waals surface area contributed by atoms with E-state index in [4.69, 9.17) is 0 Å². The monoisotopic (exact) mass is 246 g/mol. The number of carbonyl (C=O) groups excluding carboxylic acids is 1. The molecule has 0 radical (unpaired) electrons. The van der Waals surface area contributed by atoms with E-state index < -0.39 is 0 Å². The Kier molecular flexibility index (Phi) is 1.66. The Morgan fingerprint density at radius 2 is 1.83 bits per heavy atom. The first-order valence-corrected chi connectivity index (χ1v) is 7.74. The highest BCUT2D eigenvalue weighted by molar-refractivity contribution is 5.81. The van der Waals surface area contributed by atoms with Crippen LogP contribution in [-0.4, -0.2) is 5.78 Å². The van der Waals surface area contributed by atoms with E-state index in [-0.39, 0.29) is 0 Å². The molecule has 1 nitrogen and oxygen atoms in total. The summed E-state index contributed by atoms with van der Waals surface area (Å²) in [5, 5.41) is 0. The van der Waals surface area contributed by atoms with Gasteiger partial charge in [-0.3, -0.25) is 4.79 Å². The molecular formula is C17H26O. The molecule has 0 saturated heterocycles. The zero-order chi connectivity index (χ0) is 13.1. The maximum atomic E-state index is 12.2. The molecular weight excluding hydrogens is 220 g/mol. The van der Waals surface area contributed by atoms with Crippen molar-refractivity contribution in [1.82, 2.24) is 0 Å². The molecule has 4 bridgehead atoms. The first-order chi connectivity index (χ1) is 8.23. The van der Waals surface area contributed by atoms with Crippen molar-refractivity contribution in [2.75, 3.05) is 0 Å². The molecule has 2 spiro atoms. The summed E-state index contributed by atoms with van der Waals surface area (Å²) >= 11 is 0. The maximum absolute atomic E-state index is 12.2. The average Bonchev–Trinajstić information content (AvgIpc) is 2.52. The molecule has 5 fully saturated rings. The van der Waals surface area contributed by atoms with Gasteiger partial charge in [0.1, 0.15) is 5.78 Å². The summed E-state index contributed by atoms with van der Waals surface area (Å²) in [4.78, 5) is 12.2. The molecule has 18 heavy (non-hydrogen) atoms. The van der Waals surface area contributed by atoms with Gasteiger partial charge in [-0.2, -0.15) is 0 Å². The predicted octanol–water partition coefficient (Wildman–Crippen LogP) is 4.06. The lowest BCUT2D eigenvalue weighted by Crippen LogP contribution is -2.44. The molecule has 5 aliphatic rings. The molecule has 5 saturated carbocycles. The largest absolute Gasteiger partial charge is 0.300 e. The lowest BCUT2D eigenvalue weighted by atomic mass is 9.56. The van der Waals surface area contributed by atoms with Crippen molar-refractivity contribution in [1.29, 1.82) is 0 Å². The highest BCUT2D eigenvalue weighted by atomic mass is 16.1. The number of Topliss-reactive ketones (excluding diaryl/α,β-unsaturated/α-hetero) is 1. The molecule has 0 heterocycles. The summed E-state index contributed by atoms with van der Waals surface area (Å²) in [6.45, 7) is 11.8. The van der Waals surface area contributed by atoms with Gasteiger partial charge in [-0.25, -0.2) is 0 Å². The van der Waals surface area contributed by atoms with E-state index in [1.54, 1.807) is 0 Å². The van der Waals surface area contributed by atoms with E-state index in [1.165, 1.54) is 19.3 Å². The third kappa shape index (κ3) is 0.736. The Bertz CT molecular complexity index is 460. The zero-order valence-electron chi connectivity index (χ0n) is 12.5. The molecule has 0 N–H and O–H groups in total. The first kappa shape index (κ1) is 11.5. The minimum absolute atomic E-state index is 0.373. The second-order valence-electron chi connectivity index (χ2n) is 8.84. The van der Waals surface area contributed by atoms with Gasteiger partial charge in [-0.15, -0.1) is 0 Å². The van der Waals surface area contributed by atoms with Crippen molar-refractivity contribution >= 4 is 5.78 Å². The first-order valence-electron chi connectivity index (χ1n) is 7.74. The topological polar surface area (TPSA) is 17.1 Å². The Morgan fingerprint density at radius 1 is 1.17 bits per heavy atom. The van der Waals surface area contributed by atoms with Crippen molar-refractivity contribution in [3.05, 3.63) is 0 Å². The Balaban J connectivity index is 1.94. The number of hydrogen-bond acceptors (Lipinski definition) is 1. The third-order valence-corrected chi connectivity index (χ3v) is 8.28. The minimum Gasteiger partial charge on any atom is -0.300 e. The van der Waals surface area contributed by atoms with Crippen LogP contribution in [0.3, 0.4) is 0 Å². The predicted molar refractivity (Wildman–Crippen MR) is 72.0 cm³/mol. The smallest absolute Gasteiger partial charge is 0.133 e. The highest BCUT2D eigenvalue weighted by Gasteiger charge is 2.95. The summed E-state index contributed by atoms with van der Waals surface area (Å²) in [6, 6.07) is 0. The molecule has 1 heteroatoms. The molecule has 0 aromatic heterocycles. The molecule has 5 aliphatic carbocycles. The zero-order valence-corrected chi connectivity index (χ0v) is 12.5. The van der Waals surface area contributed by atoms with Crippen molar-refractivity contribution < 1.29 is 4.79 Å². The van der Waals surface area contributed by atoms with E-state index in [0.29, 0.717) is 33.4 Å². The number of carbonyl (C=O) groups is 1. The van der Waals surface area contributed by atoms with Crippen LogP contribution in [-0.2, 0) is 4.79 Å². The second kappa shape index (κ2) is 2.60.